The minimum absolute atomic E-state index is 0.809. The van der Waals surface area contributed by atoms with Crippen molar-refractivity contribution in [2.24, 2.45) is 0 Å². The molecule has 1 heterocycles. The average Bonchev–Trinajstić information content (AvgIpc) is 2.71. The van der Waals surface area contributed by atoms with Gasteiger partial charge in [0, 0.05) is 37.7 Å². The summed E-state index contributed by atoms with van der Waals surface area (Å²) in [6.07, 6.45) is 0. The van der Waals surface area contributed by atoms with Crippen molar-refractivity contribution in [3.8, 4) is 0 Å². The Bertz CT molecular complexity index is 301. The molecule has 0 bridgehead atoms. The summed E-state index contributed by atoms with van der Waals surface area (Å²) in [4.78, 5) is 3.74. The van der Waals surface area contributed by atoms with E-state index in [-0.39, 0.29) is 0 Å². The normalized spacial score (nSPS) is 11.3. The van der Waals surface area contributed by atoms with Crippen molar-refractivity contribution in [2.75, 3.05) is 39.9 Å². The topological polar surface area (TPSA) is 24.5 Å². The zero-order valence-electron chi connectivity index (χ0n) is 11.2. The fourth-order valence-electron chi connectivity index (χ4n) is 1.53. The van der Waals surface area contributed by atoms with Crippen molar-refractivity contribution in [2.45, 2.75) is 20.4 Å². The number of aryl methyl sites for hydroxylation is 1. The monoisotopic (exact) mass is 256 g/mol. The Balaban J connectivity index is 2.02. The molecule has 0 unspecified atom stereocenters. The SMILES string of the molecule is CCOCCN(C)CCNCc1sccc1C. The molecule has 0 aliphatic heterocycles. The predicted molar refractivity (Wildman–Crippen MR) is 74.8 cm³/mol. The van der Waals surface area contributed by atoms with E-state index in [4.69, 9.17) is 4.74 Å². The van der Waals surface area contributed by atoms with Gasteiger partial charge in [0.1, 0.15) is 0 Å². The molecule has 0 aliphatic rings. The van der Waals surface area contributed by atoms with E-state index in [1.165, 1.54) is 10.4 Å². The lowest BCUT2D eigenvalue weighted by molar-refractivity contribution is 0.122. The number of ether oxygens (including phenoxy) is 1. The highest BCUT2D eigenvalue weighted by Gasteiger charge is 2.00. The van der Waals surface area contributed by atoms with Gasteiger partial charge in [-0.2, -0.15) is 0 Å². The molecule has 1 aromatic heterocycles. The number of rotatable bonds is 9. The van der Waals surface area contributed by atoms with E-state index in [1.54, 1.807) is 0 Å². The van der Waals surface area contributed by atoms with Gasteiger partial charge in [-0.05, 0) is 37.9 Å². The second-order valence-electron chi connectivity index (χ2n) is 4.20. The molecule has 0 radical (unpaired) electrons. The van der Waals surface area contributed by atoms with E-state index < -0.39 is 0 Å². The van der Waals surface area contributed by atoms with Gasteiger partial charge in [0.15, 0.2) is 0 Å². The van der Waals surface area contributed by atoms with E-state index in [0.717, 1.165) is 39.4 Å². The Morgan fingerprint density at radius 3 is 2.88 bits per heavy atom. The zero-order valence-corrected chi connectivity index (χ0v) is 12.0. The van der Waals surface area contributed by atoms with Crippen LogP contribution in [0.15, 0.2) is 11.4 Å². The summed E-state index contributed by atoms with van der Waals surface area (Å²) in [6.45, 7) is 9.93. The van der Waals surface area contributed by atoms with Crippen molar-refractivity contribution in [3.63, 3.8) is 0 Å². The quantitative estimate of drug-likeness (QED) is 0.685. The minimum atomic E-state index is 0.809. The second kappa shape index (κ2) is 8.64. The molecule has 1 N–H and O–H groups in total. The maximum Gasteiger partial charge on any atom is 0.0593 e. The van der Waals surface area contributed by atoms with Crippen molar-refractivity contribution < 1.29 is 4.74 Å². The third-order valence-corrected chi connectivity index (χ3v) is 3.77. The molecule has 0 atom stereocenters. The van der Waals surface area contributed by atoms with Gasteiger partial charge in [0.25, 0.3) is 0 Å². The number of hydrogen-bond donors (Lipinski definition) is 1. The lowest BCUT2D eigenvalue weighted by Gasteiger charge is -2.16. The summed E-state index contributed by atoms with van der Waals surface area (Å²) in [5.74, 6) is 0. The summed E-state index contributed by atoms with van der Waals surface area (Å²) < 4.78 is 5.32. The third-order valence-electron chi connectivity index (χ3n) is 2.75. The molecular weight excluding hydrogens is 232 g/mol. The van der Waals surface area contributed by atoms with Gasteiger partial charge < -0.3 is 15.0 Å². The summed E-state index contributed by atoms with van der Waals surface area (Å²) in [6, 6.07) is 2.18. The molecule has 0 spiro atoms. The van der Waals surface area contributed by atoms with Crippen LogP contribution in [0, 0.1) is 6.92 Å². The molecule has 0 saturated heterocycles. The van der Waals surface area contributed by atoms with Crippen LogP contribution in [0.3, 0.4) is 0 Å². The van der Waals surface area contributed by atoms with Gasteiger partial charge in [-0.15, -0.1) is 11.3 Å². The zero-order chi connectivity index (χ0) is 12.5. The predicted octanol–water partition coefficient (Wildman–Crippen LogP) is 2.11. The molecule has 0 saturated carbocycles. The Labute approximate surface area is 109 Å². The number of likely N-dealkylation sites (N-methyl/N-ethyl adjacent to an activating group) is 1. The molecule has 0 amide bonds. The summed E-state index contributed by atoms with van der Waals surface area (Å²) in [5.41, 5.74) is 1.40. The van der Waals surface area contributed by atoms with Gasteiger partial charge in [-0.1, -0.05) is 0 Å². The van der Waals surface area contributed by atoms with E-state index >= 15 is 0 Å². The van der Waals surface area contributed by atoms with E-state index in [2.05, 4.69) is 35.6 Å². The van der Waals surface area contributed by atoms with Crippen molar-refractivity contribution in [1.82, 2.24) is 10.2 Å². The van der Waals surface area contributed by atoms with E-state index in [0.29, 0.717) is 0 Å². The standard InChI is InChI=1S/C13H24N2OS/c1-4-16-9-8-15(3)7-6-14-11-13-12(2)5-10-17-13/h5,10,14H,4,6-9,11H2,1-3H3. The molecule has 0 aliphatic carbocycles. The fraction of sp³-hybridized carbons (Fsp3) is 0.692. The molecular formula is C13H24N2OS. The smallest absolute Gasteiger partial charge is 0.0593 e. The van der Waals surface area contributed by atoms with Crippen LogP contribution in [-0.2, 0) is 11.3 Å². The van der Waals surface area contributed by atoms with Crippen LogP contribution < -0.4 is 5.32 Å². The number of hydrogen-bond acceptors (Lipinski definition) is 4. The van der Waals surface area contributed by atoms with Gasteiger partial charge in [-0.3, -0.25) is 0 Å². The first-order chi connectivity index (χ1) is 8.24. The van der Waals surface area contributed by atoms with Gasteiger partial charge >= 0.3 is 0 Å². The van der Waals surface area contributed by atoms with Crippen molar-refractivity contribution in [3.05, 3.63) is 21.9 Å². The summed E-state index contributed by atoms with van der Waals surface area (Å²) in [7, 11) is 2.14. The van der Waals surface area contributed by atoms with Crippen LogP contribution in [0.2, 0.25) is 0 Å². The van der Waals surface area contributed by atoms with Gasteiger partial charge in [0.05, 0.1) is 6.61 Å². The van der Waals surface area contributed by atoms with E-state index in [9.17, 15) is 0 Å². The lowest BCUT2D eigenvalue weighted by Crippen LogP contribution is -2.31. The highest BCUT2D eigenvalue weighted by Crippen LogP contribution is 2.14. The Morgan fingerprint density at radius 2 is 2.24 bits per heavy atom. The van der Waals surface area contributed by atoms with Gasteiger partial charge in [0.2, 0.25) is 0 Å². The molecule has 0 aromatic carbocycles. The van der Waals surface area contributed by atoms with Crippen LogP contribution in [0.25, 0.3) is 0 Å². The van der Waals surface area contributed by atoms with E-state index in [1.807, 2.05) is 18.3 Å². The highest BCUT2D eigenvalue weighted by molar-refractivity contribution is 7.10. The number of thiophene rings is 1. The first kappa shape index (κ1) is 14.6. The van der Waals surface area contributed by atoms with Crippen molar-refractivity contribution in [1.29, 1.82) is 0 Å². The average molecular weight is 256 g/mol. The highest BCUT2D eigenvalue weighted by atomic mass is 32.1. The molecule has 1 rings (SSSR count). The summed E-state index contributed by atoms with van der Waals surface area (Å²) >= 11 is 1.83. The Morgan fingerprint density at radius 1 is 1.41 bits per heavy atom. The maximum absolute atomic E-state index is 5.32. The molecule has 3 nitrogen and oxygen atoms in total. The van der Waals surface area contributed by atoms with Crippen LogP contribution in [-0.4, -0.2) is 44.8 Å². The summed E-state index contributed by atoms with van der Waals surface area (Å²) in [5, 5.41) is 5.63. The van der Waals surface area contributed by atoms with Crippen LogP contribution >= 0.6 is 11.3 Å². The number of nitrogens with one attached hydrogen (secondary N) is 1. The number of nitrogens with zero attached hydrogens (tertiary/aromatic N) is 1. The first-order valence-corrected chi connectivity index (χ1v) is 7.12. The lowest BCUT2D eigenvalue weighted by atomic mass is 10.3. The largest absolute Gasteiger partial charge is 0.380 e. The van der Waals surface area contributed by atoms with Crippen LogP contribution in [0.4, 0.5) is 0 Å². The third kappa shape index (κ3) is 6.17. The van der Waals surface area contributed by atoms with Crippen molar-refractivity contribution >= 4 is 11.3 Å². The molecule has 17 heavy (non-hydrogen) atoms. The molecule has 0 fully saturated rings. The van der Waals surface area contributed by atoms with Crippen LogP contribution in [0.1, 0.15) is 17.4 Å². The fourth-order valence-corrected chi connectivity index (χ4v) is 2.41. The molecule has 4 heteroatoms. The maximum atomic E-state index is 5.32. The Kier molecular flexibility index (Phi) is 7.44. The first-order valence-electron chi connectivity index (χ1n) is 6.24. The molecule has 1 aromatic rings. The van der Waals surface area contributed by atoms with Crippen LogP contribution in [0.5, 0.6) is 0 Å². The minimum Gasteiger partial charge on any atom is -0.380 e. The second-order valence-corrected chi connectivity index (χ2v) is 5.20. The van der Waals surface area contributed by atoms with Gasteiger partial charge in [-0.25, -0.2) is 0 Å². The Hall–Kier alpha value is -0.420. The molecule has 98 valence electrons.